The second kappa shape index (κ2) is 6.19. The van der Waals surface area contributed by atoms with Crippen molar-refractivity contribution in [3.63, 3.8) is 0 Å². The van der Waals surface area contributed by atoms with E-state index in [0.717, 1.165) is 21.8 Å². The molecule has 20 heavy (non-hydrogen) atoms. The lowest BCUT2D eigenvalue weighted by Gasteiger charge is -2.24. The number of aromatic nitrogens is 2. The van der Waals surface area contributed by atoms with Crippen LogP contribution in [0.1, 0.15) is 13.8 Å². The van der Waals surface area contributed by atoms with Gasteiger partial charge in [0.1, 0.15) is 18.0 Å². The third-order valence-electron chi connectivity index (χ3n) is 2.76. The zero-order valence-corrected chi connectivity index (χ0v) is 13.1. The Labute approximate surface area is 127 Å². The molecule has 5 nitrogen and oxygen atoms in total. The molecular formula is C14H18BrN5. The maximum absolute atomic E-state index is 5.70. The van der Waals surface area contributed by atoms with Gasteiger partial charge in [0.15, 0.2) is 0 Å². The molecule has 1 aromatic carbocycles. The van der Waals surface area contributed by atoms with Gasteiger partial charge < -0.3 is 16.4 Å². The molecule has 0 radical (unpaired) electrons. The van der Waals surface area contributed by atoms with Crippen molar-refractivity contribution in [3.05, 3.63) is 41.1 Å². The summed E-state index contributed by atoms with van der Waals surface area (Å²) in [6.45, 7) is 4.57. The fourth-order valence-corrected chi connectivity index (χ4v) is 1.84. The Kier molecular flexibility index (Phi) is 4.57. The molecule has 0 saturated carbocycles. The molecule has 2 rings (SSSR count). The minimum absolute atomic E-state index is 0.205. The van der Waals surface area contributed by atoms with E-state index in [0.29, 0.717) is 6.54 Å². The summed E-state index contributed by atoms with van der Waals surface area (Å²) >= 11 is 3.41. The van der Waals surface area contributed by atoms with Crippen molar-refractivity contribution in [1.82, 2.24) is 9.97 Å². The van der Waals surface area contributed by atoms with E-state index in [4.69, 9.17) is 5.73 Å². The molecule has 4 N–H and O–H groups in total. The Hall–Kier alpha value is -1.66. The van der Waals surface area contributed by atoms with Crippen LogP contribution in [-0.2, 0) is 0 Å². The number of nitrogens with one attached hydrogen (secondary N) is 2. The van der Waals surface area contributed by atoms with Gasteiger partial charge in [-0.3, -0.25) is 0 Å². The number of anilines is 3. The molecule has 0 fully saturated rings. The lowest BCUT2D eigenvalue weighted by molar-refractivity contribution is 0.577. The Bertz CT molecular complexity index is 568. The van der Waals surface area contributed by atoms with Gasteiger partial charge in [-0.15, -0.1) is 0 Å². The third kappa shape index (κ3) is 4.18. The molecule has 0 aliphatic heterocycles. The molecule has 0 amide bonds. The molecule has 0 aliphatic rings. The van der Waals surface area contributed by atoms with E-state index < -0.39 is 0 Å². The largest absolute Gasteiger partial charge is 0.364 e. The van der Waals surface area contributed by atoms with Crippen LogP contribution in [0.2, 0.25) is 0 Å². The van der Waals surface area contributed by atoms with Crippen LogP contribution in [0.4, 0.5) is 17.3 Å². The highest BCUT2D eigenvalue weighted by atomic mass is 79.9. The number of hydrogen-bond acceptors (Lipinski definition) is 5. The van der Waals surface area contributed by atoms with Crippen molar-refractivity contribution in [1.29, 1.82) is 0 Å². The number of hydrogen-bond donors (Lipinski definition) is 3. The van der Waals surface area contributed by atoms with Crippen molar-refractivity contribution < 1.29 is 0 Å². The van der Waals surface area contributed by atoms with Crippen molar-refractivity contribution >= 4 is 33.3 Å². The van der Waals surface area contributed by atoms with Crippen molar-refractivity contribution in [2.24, 2.45) is 5.73 Å². The molecule has 1 aromatic heterocycles. The third-order valence-corrected chi connectivity index (χ3v) is 3.29. The molecule has 6 heteroatoms. The van der Waals surface area contributed by atoms with Crippen LogP contribution in [0.25, 0.3) is 0 Å². The van der Waals surface area contributed by atoms with Gasteiger partial charge in [0, 0.05) is 28.3 Å². The molecule has 2 aromatic rings. The van der Waals surface area contributed by atoms with Crippen LogP contribution in [0, 0.1) is 0 Å². The van der Waals surface area contributed by atoms with Gasteiger partial charge in [-0.05, 0) is 38.1 Å². The number of rotatable bonds is 5. The molecule has 0 bridgehead atoms. The van der Waals surface area contributed by atoms with E-state index in [1.54, 1.807) is 0 Å². The average molecular weight is 336 g/mol. The standard InChI is InChI=1S/C14H18BrN5/c1-14(2,8-16)20-13-7-12(17-9-18-13)19-11-5-3-10(15)4-6-11/h3-7,9H,8,16H2,1-2H3,(H2,17,18,19,20). The SMILES string of the molecule is CC(C)(CN)Nc1cc(Nc2ccc(Br)cc2)ncn1. The fourth-order valence-electron chi connectivity index (χ4n) is 1.57. The summed E-state index contributed by atoms with van der Waals surface area (Å²) in [5, 5.41) is 6.51. The second-order valence-electron chi connectivity index (χ2n) is 5.13. The van der Waals surface area contributed by atoms with Crippen LogP contribution in [0.15, 0.2) is 41.1 Å². The highest BCUT2D eigenvalue weighted by Crippen LogP contribution is 2.20. The summed E-state index contributed by atoms with van der Waals surface area (Å²) in [5.74, 6) is 1.48. The zero-order valence-electron chi connectivity index (χ0n) is 11.5. The second-order valence-corrected chi connectivity index (χ2v) is 6.05. The minimum atomic E-state index is -0.205. The molecule has 0 spiro atoms. The average Bonchev–Trinajstić information content (AvgIpc) is 2.41. The van der Waals surface area contributed by atoms with E-state index in [1.165, 1.54) is 6.33 Å². The minimum Gasteiger partial charge on any atom is -0.364 e. The summed E-state index contributed by atoms with van der Waals surface area (Å²) < 4.78 is 1.04. The molecule has 0 unspecified atom stereocenters. The summed E-state index contributed by atoms with van der Waals surface area (Å²) in [7, 11) is 0. The summed E-state index contributed by atoms with van der Waals surface area (Å²) in [5.41, 5.74) is 6.47. The van der Waals surface area contributed by atoms with E-state index >= 15 is 0 Å². The Morgan fingerprint density at radius 3 is 2.45 bits per heavy atom. The van der Waals surface area contributed by atoms with Gasteiger partial charge in [0.2, 0.25) is 0 Å². The summed E-state index contributed by atoms with van der Waals surface area (Å²) in [6, 6.07) is 9.76. The van der Waals surface area contributed by atoms with E-state index in [9.17, 15) is 0 Å². The number of nitrogens with zero attached hydrogens (tertiary/aromatic N) is 2. The monoisotopic (exact) mass is 335 g/mol. The maximum atomic E-state index is 5.70. The van der Waals surface area contributed by atoms with Crippen LogP contribution in [0.3, 0.4) is 0 Å². The zero-order chi connectivity index (χ0) is 14.6. The first-order chi connectivity index (χ1) is 9.48. The van der Waals surface area contributed by atoms with Gasteiger partial charge >= 0.3 is 0 Å². The van der Waals surface area contributed by atoms with Gasteiger partial charge in [-0.25, -0.2) is 9.97 Å². The lowest BCUT2D eigenvalue weighted by atomic mass is 10.1. The van der Waals surface area contributed by atoms with E-state index in [-0.39, 0.29) is 5.54 Å². The first-order valence-electron chi connectivity index (χ1n) is 6.31. The van der Waals surface area contributed by atoms with E-state index in [1.807, 2.05) is 44.2 Å². The molecular weight excluding hydrogens is 318 g/mol. The first-order valence-corrected chi connectivity index (χ1v) is 7.11. The predicted octanol–water partition coefficient (Wildman–Crippen LogP) is 3.13. The Morgan fingerprint density at radius 1 is 1.15 bits per heavy atom. The van der Waals surface area contributed by atoms with Crippen LogP contribution in [0.5, 0.6) is 0 Å². The molecule has 0 saturated heterocycles. The van der Waals surface area contributed by atoms with Gasteiger partial charge in [0.05, 0.1) is 0 Å². The van der Waals surface area contributed by atoms with Gasteiger partial charge in [0.25, 0.3) is 0 Å². The smallest absolute Gasteiger partial charge is 0.135 e. The van der Waals surface area contributed by atoms with Crippen LogP contribution in [-0.4, -0.2) is 22.1 Å². The van der Waals surface area contributed by atoms with Crippen LogP contribution >= 0.6 is 15.9 Å². The van der Waals surface area contributed by atoms with Crippen molar-refractivity contribution in [2.75, 3.05) is 17.2 Å². The summed E-state index contributed by atoms with van der Waals surface area (Å²) in [4.78, 5) is 8.41. The topological polar surface area (TPSA) is 75.9 Å². The van der Waals surface area contributed by atoms with Crippen molar-refractivity contribution in [3.8, 4) is 0 Å². The normalized spacial score (nSPS) is 11.2. The molecule has 0 atom stereocenters. The van der Waals surface area contributed by atoms with E-state index in [2.05, 4.69) is 36.5 Å². The Morgan fingerprint density at radius 2 is 1.80 bits per heavy atom. The summed E-state index contributed by atoms with van der Waals surface area (Å²) in [6.07, 6.45) is 1.52. The fraction of sp³-hybridized carbons (Fsp3) is 0.286. The number of nitrogens with two attached hydrogens (primary N) is 1. The lowest BCUT2D eigenvalue weighted by Crippen LogP contribution is -2.39. The van der Waals surface area contributed by atoms with Gasteiger partial charge in [-0.1, -0.05) is 15.9 Å². The molecule has 106 valence electrons. The van der Waals surface area contributed by atoms with Crippen molar-refractivity contribution in [2.45, 2.75) is 19.4 Å². The number of benzene rings is 1. The molecule has 0 aliphatic carbocycles. The quantitative estimate of drug-likeness (QED) is 0.782. The maximum Gasteiger partial charge on any atom is 0.135 e. The van der Waals surface area contributed by atoms with Gasteiger partial charge in [-0.2, -0.15) is 0 Å². The number of halogens is 1. The highest BCUT2D eigenvalue weighted by Gasteiger charge is 2.15. The first kappa shape index (κ1) is 14.7. The molecule has 1 heterocycles. The highest BCUT2D eigenvalue weighted by molar-refractivity contribution is 9.10. The van der Waals surface area contributed by atoms with Crippen LogP contribution < -0.4 is 16.4 Å². The predicted molar refractivity (Wildman–Crippen MR) is 86.2 cm³/mol. The Balaban J connectivity index is 2.11.